The van der Waals surface area contributed by atoms with Crippen LogP contribution >= 0.6 is 11.6 Å². The van der Waals surface area contributed by atoms with Crippen molar-refractivity contribution in [2.75, 3.05) is 10.6 Å². The summed E-state index contributed by atoms with van der Waals surface area (Å²) in [7, 11) is 0. The molecule has 1 heterocycles. The largest absolute Gasteiger partial charge is 0.358 e. The molecule has 0 radical (unpaired) electrons. The predicted octanol–water partition coefficient (Wildman–Crippen LogP) is 2.56. The molecule has 1 aliphatic rings. The Balaban J connectivity index is 2.61. The third kappa shape index (κ3) is 1.38. The van der Waals surface area contributed by atoms with Gasteiger partial charge in [0, 0.05) is 23.5 Å². The fourth-order valence-electron chi connectivity index (χ4n) is 1.26. The van der Waals surface area contributed by atoms with E-state index in [2.05, 4.69) is 10.6 Å². The molecule has 2 N–H and O–H groups in total. The minimum absolute atomic E-state index is 0.0376. The van der Waals surface area contributed by atoms with Gasteiger partial charge < -0.3 is 10.6 Å². The first-order valence-electron chi connectivity index (χ1n) is 3.84. The lowest BCUT2D eigenvalue weighted by Gasteiger charge is -2.14. The van der Waals surface area contributed by atoms with Crippen molar-refractivity contribution in [2.45, 2.75) is 0 Å². The summed E-state index contributed by atoms with van der Waals surface area (Å²) in [5.41, 5.74) is 0.998. The van der Waals surface area contributed by atoms with Gasteiger partial charge in [-0.3, -0.25) is 10.1 Å². The van der Waals surface area contributed by atoms with E-state index in [1.54, 1.807) is 18.5 Å². The maximum absolute atomic E-state index is 10.7. The smallest absolute Gasteiger partial charge is 0.296 e. The molecule has 0 unspecified atom stereocenters. The molecule has 0 bridgehead atoms. The van der Waals surface area contributed by atoms with Crippen molar-refractivity contribution >= 4 is 28.7 Å². The van der Waals surface area contributed by atoms with Crippen LogP contribution in [0.5, 0.6) is 0 Å². The number of nitrogens with one attached hydrogen (secondary N) is 2. The summed E-state index contributed by atoms with van der Waals surface area (Å²) in [5, 5.41) is 16.7. The van der Waals surface area contributed by atoms with Gasteiger partial charge in [-0.1, -0.05) is 11.6 Å². The maximum Gasteiger partial charge on any atom is 0.296 e. The molecule has 1 aromatic carbocycles. The van der Waals surface area contributed by atoms with Crippen LogP contribution in [0.25, 0.3) is 0 Å². The molecule has 0 amide bonds. The molecular weight excluding hydrogens is 206 g/mol. The van der Waals surface area contributed by atoms with E-state index in [-0.39, 0.29) is 5.69 Å². The summed E-state index contributed by atoms with van der Waals surface area (Å²) in [4.78, 5) is 10.2. The molecule has 14 heavy (non-hydrogen) atoms. The van der Waals surface area contributed by atoms with Gasteiger partial charge in [-0.25, -0.2) is 0 Å². The molecule has 0 atom stereocenters. The Morgan fingerprint density at radius 2 is 2.00 bits per heavy atom. The fraction of sp³-hybridized carbons (Fsp3) is 0. The van der Waals surface area contributed by atoms with Gasteiger partial charge in [0.15, 0.2) is 0 Å². The topological polar surface area (TPSA) is 67.2 Å². The molecule has 0 aliphatic carbocycles. The van der Waals surface area contributed by atoms with Crippen molar-refractivity contribution in [2.24, 2.45) is 0 Å². The average Bonchev–Trinajstić information content (AvgIpc) is 2.16. The van der Waals surface area contributed by atoms with E-state index in [1.807, 2.05) is 0 Å². The number of nitro groups is 1. The zero-order valence-corrected chi connectivity index (χ0v) is 7.71. The Morgan fingerprint density at radius 3 is 2.71 bits per heavy atom. The average molecular weight is 212 g/mol. The number of nitro benzene ring substituents is 1. The standard InChI is InChI=1S/C8H6ClN3O2/c9-5-3-6-8(11-2-1-10-6)7(4-5)12(13)14/h1-4,10-11H. The van der Waals surface area contributed by atoms with E-state index in [9.17, 15) is 10.1 Å². The second-order valence-corrected chi connectivity index (χ2v) is 3.16. The van der Waals surface area contributed by atoms with Gasteiger partial charge in [0.25, 0.3) is 5.69 Å². The van der Waals surface area contributed by atoms with Crippen LogP contribution in [-0.2, 0) is 0 Å². The molecule has 1 aliphatic heterocycles. The number of nitrogens with zero attached hydrogens (tertiary/aromatic N) is 1. The van der Waals surface area contributed by atoms with Crippen LogP contribution in [0.2, 0.25) is 5.02 Å². The molecule has 0 saturated carbocycles. The predicted molar refractivity (Wildman–Crippen MR) is 54.5 cm³/mol. The van der Waals surface area contributed by atoms with Crippen molar-refractivity contribution in [3.8, 4) is 0 Å². The molecule has 1 aromatic rings. The minimum Gasteiger partial charge on any atom is -0.358 e. The first-order chi connectivity index (χ1) is 6.68. The molecule has 0 spiro atoms. The van der Waals surface area contributed by atoms with E-state index < -0.39 is 4.92 Å². The molecule has 0 fully saturated rings. The quantitative estimate of drug-likeness (QED) is 0.553. The Hall–Kier alpha value is -1.75. The van der Waals surface area contributed by atoms with Gasteiger partial charge in [-0.05, 0) is 6.07 Å². The molecule has 5 nitrogen and oxygen atoms in total. The van der Waals surface area contributed by atoms with E-state index in [4.69, 9.17) is 11.6 Å². The van der Waals surface area contributed by atoms with Crippen molar-refractivity contribution in [3.05, 3.63) is 39.7 Å². The lowest BCUT2D eigenvalue weighted by molar-refractivity contribution is -0.383. The summed E-state index contributed by atoms with van der Waals surface area (Å²) in [6.07, 6.45) is 3.23. The third-order valence-electron chi connectivity index (χ3n) is 1.83. The second kappa shape index (κ2) is 3.19. The molecular formula is C8H6ClN3O2. The Morgan fingerprint density at radius 1 is 1.29 bits per heavy atom. The lowest BCUT2D eigenvalue weighted by atomic mass is 10.2. The number of benzene rings is 1. The molecule has 6 heteroatoms. The van der Waals surface area contributed by atoms with Crippen molar-refractivity contribution in [1.29, 1.82) is 0 Å². The highest BCUT2D eigenvalue weighted by atomic mass is 35.5. The lowest BCUT2D eigenvalue weighted by Crippen LogP contribution is -2.05. The van der Waals surface area contributed by atoms with E-state index >= 15 is 0 Å². The van der Waals surface area contributed by atoms with Crippen LogP contribution in [0.15, 0.2) is 24.5 Å². The molecule has 0 saturated heterocycles. The van der Waals surface area contributed by atoms with Gasteiger partial charge in [0.1, 0.15) is 5.69 Å². The zero-order chi connectivity index (χ0) is 10.1. The minimum atomic E-state index is -0.474. The number of hydrogen-bond acceptors (Lipinski definition) is 4. The van der Waals surface area contributed by atoms with Gasteiger partial charge in [0.2, 0.25) is 0 Å². The Labute approximate surface area is 84.5 Å². The van der Waals surface area contributed by atoms with Crippen LogP contribution in [0.1, 0.15) is 0 Å². The monoisotopic (exact) mass is 211 g/mol. The Bertz CT molecular complexity index is 431. The molecule has 2 rings (SSSR count). The van der Waals surface area contributed by atoms with Crippen molar-refractivity contribution in [3.63, 3.8) is 0 Å². The van der Waals surface area contributed by atoms with Crippen molar-refractivity contribution in [1.82, 2.24) is 0 Å². The van der Waals surface area contributed by atoms with Crippen molar-refractivity contribution < 1.29 is 4.92 Å². The van der Waals surface area contributed by atoms with Gasteiger partial charge in [-0.15, -0.1) is 0 Å². The highest BCUT2D eigenvalue weighted by Crippen LogP contribution is 2.37. The second-order valence-electron chi connectivity index (χ2n) is 2.73. The summed E-state index contributed by atoms with van der Waals surface area (Å²) < 4.78 is 0. The highest BCUT2D eigenvalue weighted by molar-refractivity contribution is 6.31. The van der Waals surface area contributed by atoms with E-state index in [1.165, 1.54) is 6.07 Å². The van der Waals surface area contributed by atoms with Crippen LogP contribution in [0.3, 0.4) is 0 Å². The van der Waals surface area contributed by atoms with Crippen LogP contribution in [-0.4, -0.2) is 4.92 Å². The maximum atomic E-state index is 10.7. The number of fused-ring (bicyclic) bond motifs is 1. The summed E-state index contributed by atoms with van der Waals surface area (Å²) in [6.45, 7) is 0. The molecule has 72 valence electrons. The fourth-order valence-corrected chi connectivity index (χ4v) is 1.47. The number of anilines is 2. The van der Waals surface area contributed by atoms with Crippen LogP contribution in [0, 0.1) is 10.1 Å². The third-order valence-corrected chi connectivity index (χ3v) is 2.05. The number of hydrogen-bond donors (Lipinski definition) is 2. The molecule has 0 aromatic heterocycles. The van der Waals surface area contributed by atoms with E-state index in [0.29, 0.717) is 16.4 Å². The highest BCUT2D eigenvalue weighted by Gasteiger charge is 2.19. The Kier molecular flexibility index (Phi) is 2.01. The summed E-state index contributed by atoms with van der Waals surface area (Å²) >= 11 is 5.73. The van der Waals surface area contributed by atoms with Gasteiger partial charge in [-0.2, -0.15) is 0 Å². The van der Waals surface area contributed by atoms with Gasteiger partial charge in [0.05, 0.1) is 10.6 Å². The first-order valence-corrected chi connectivity index (χ1v) is 4.22. The summed E-state index contributed by atoms with van der Waals surface area (Å²) in [5.74, 6) is 0. The number of rotatable bonds is 1. The van der Waals surface area contributed by atoms with Crippen LogP contribution < -0.4 is 10.6 Å². The normalized spacial score (nSPS) is 12.6. The van der Waals surface area contributed by atoms with Crippen LogP contribution in [0.4, 0.5) is 17.1 Å². The van der Waals surface area contributed by atoms with E-state index in [0.717, 1.165) is 0 Å². The zero-order valence-electron chi connectivity index (χ0n) is 6.95. The number of halogens is 1. The SMILES string of the molecule is O=[N+]([O-])c1cc(Cl)cc2c1NC=CN2. The first kappa shape index (κ1) is 8.83. The van der Waals surface area contributed by atoms with Gasteiger partial charge >= 0.3 is 0 Å². The summed E-state index contributed by atoms with van der Waals surface area (Å²) in [6, 6.07) is 2.94.